The summed E-state index contributed by atoms with van der Waals surface area (Å²) in [4.78, 5) is 1.17. The zero-order valence-electron chi connectivity index (χ0n) is 9.24. The molecule has 0 aliphatic rings. The first-order chi connectivity index (χ1) is 8.27. The van der Waals surface area contributed by atoms with E-state index in [1.165, 1.54) is 23.9 Å². The molecule has 0 aromatic heterocycles. The van der Waals surface area contributed by atoms with Crippen molar-refractivity contribution in [2.24, 2.45) is 5.84 Å². The van der Waals surface area contributed by atoms with Crippen LogP contribution in [-0.2, 0) is 16.5 Å². The van der Waals surface area contributed by atoms with Gasteiger partial charge in [-0.05, 0) is 12.1 Å². The van der Waals surface area contributed by atoms with Gasteiger partial charge in [-0.2, -0.15) is 0 Å². The minimum atomic E-state index is -0.0502. The number of hydrogen-bond donors (Lipinski definition) is 1. The Morgan fingerprint density at radius 3 is 1.44 bits per heavy atom. The van der Waals surface area contributed by atoms with Crippen LogP contribution < -0.4 is 16.1 Å². The van der Waals surface area contributed by atoms with Crippen molar-refractivity contribution >= 4 is 11.8 Å². The molecule has 0 unspecified atom stereocenters. The number of rotatable bonds is 2. The third-order valence-electron chi connectivity index (χ3n) is 1.92. The molecular formula is C12H11N2NiO2S. The van der Waals surface area contributed by atoms with Crippen LogP contribution in [0, 0.1) is 0 Å². The minimum absolute atomic E-state index is 0. The molecule has 0 amide bonds. The van der Waals surface area contributed by atoms with Crippen molar-refractivity contribution in [1.82, 2.24) is 0 Å². The van der Waals surface area contributed by atoms with Gasteiger partial charge >= 0.3 is 16.5 Å². The zero-order chi connectivity index (χ0) is 12.7. The van der Waals surface area contributed by atoms with Crippen LogP contribution in [0.1, 0.15) is 0 Å². The van der Waals surface area contributed by atoms with Gasteiger partial charge in [-0.15, -0.1) is 0 Å². The predicted molar refractivity (Wildman–Crippen MR) is 64.4 cm³/mol. The molecule has 2 aromatic rings. The fraction of sp³-hybridized carbons (Fsp3) is 0. The van der Waals surface area contributed by atoms with Gasteiger partial charge in [0.05, 0.1) is 0 Å². The standard InChI is InChI=1S/C12H10O2S.H3N2.Ni/c13-9-5-1-3-7-11(9)15-12-8-4-2-6-10(12)14;1-2;/h1-8,13-14H;1H,2H2;/q;-1;+3/p-2. The minimum Gasteiger partial charge on any atom is -0.872 e. The fourth-order valence-electron chi connectivity index (χ4n) is 1.19. The summed E-state index contributed by atoms with van der Waals surface area (Å²) in [7, 11) is 0. The molecule has 0 saturated carbocycles. The molecule has 0 bridgehead atoms. The molecule has 6 heteroatoms. The van der Waals surface area contributed by atoms with Crippen LogP contribution in [0.4, 0.5) is 0 Å². The van der Waals surface area contributed by atoms with E-state index in [-0.39, 0.29) is 28.0 Å². The van der Waals surface area contributed by atoms with E-state index in [4.69, 9.17) is 5.84 Å². The molecule has 1 radical (unpaired) electrons. The maximum Gasteiger partial charge on any atom is 3.00 e. The first-order valence-electron chi connectivity index (χ1n) is 4.76. The summed E-state index contributed by atoms with van der Waals surface area (Å²) < 4.78 is 0. The van der Waals surface area contributed by atoms with Crippen LogP contribution >= 0.6 is 11.8 Å². The molecule has 0 saturated heterocycles. The number of nitrogens with two attached hydrogens (primary N) is 1. The van der Waals surface area contributed by atoms with Crippen molar-refractivity contribution in [2.45, 2.75) is 9.79 Å². The van der Waals surface area contributed by atoms with E-state index < -0.39 is 0 Å². The second-order valence-electron chi connectivity index (χ2n) is 3.00. The molecule has 0 spiro atoms. The maximum atomic E-state index is 11.4. The predicted octanol–water partition coefficient (Wildman–Crippen LogP) is 1.89. The monoisotopic (exact) mass is 305 g/mol. The van der Waals surface area contributed by atoms with E-state index in [1.54, 1.807) is 36.4 Å². The average molecular weight is 306 g/mol. The average Bonchev–Trinajstić information content (AvgIpc) is 2.37. The molecule has 2 rings (SSSR count). The molecule has 97 valence electrons. The Morgan fingerprint density at radius 2 is 1.11 bits per heavy atom. The second-order valence-corrected chi connectivity index (χ2v) is 4.08. The summed E-state index contributed by atoms with van der Waals surface area (Å²) in [6, 6.07) is 13.4. The molecular weight excluding hydrogens is 295 g/mol. The molecule has 4 nitrogen and oxygen atoms in total. The third-order valence-corrected chi connectivity index (χ3v) is 3.03. The first-order valence-corrected chi connectivity index (χ1v) is 5.58. The molecule has 0 aliphatic carbocycles. The Morgan fingerprint density at radius 1 is 0.778 bits per heavy atom. The Kier molecular flexibility index (Phi) is 8.24. The second kappa shape index (κ2) is 8.83. The maximum absolute atomic E-state index is 11.4. The van der Waals surface area contributed by atoms with E-state index in [1.807, 2.05) is 0 Å². The number of hydrogen-bond acceptors (Lipinski definition) is 4. The van der Waals surface area contributed by atoms with Crippen LogP contribution in [-0.4, -0.2) is 0 Å². The Labute approximate surface area is 120 Å². The van der Waals surface area contributed by atoms with E-state index in [0.717, 1.165) is 0 Å². The summed E-state index contributed by atoms with van der Waals surface area (Å²) >= 11 is 1.22. The molecule has 18 heavy (non-hydrogen) atoms. The molecule has 3 N–H and O–H groups in total. The summed E-state index contributed by atoms with van der Waals surface area (Å²) in [6.45, 7) is 0. The topological polar surface area (TPSA) is 95.9 Å². The van der Waals surface area contributed by atoms with Gasteiger partial charge in [-0.3, -0.25) is 0 Å². The van der Waals surface area contributed by atoms with Gasteiger partial charge in [-0.25, -0.2) is 0 Å². The number of benzene rings is 2. The first kappa shape index (κ1) is 16.8. The van der Waals surface area contributed by atoms with E-state index in [2.05, 4.69) is 5.84 Å². The van der Waals surface area contributed by atoms with Crippen molar-refractivity contribution in [3.8, 4) is 11.5 Å². The summed E-state index contributed by atoms with van der Waals surface area (Å²) in [5.41, 5.74) is 0. The van der Waals surface area contributed by atoms with Gasteiger partial charge in [0.15, 0.2) is 0 Å². The molecule has 0 heterocycles. The van der Waals surface area contributed by atoms with Gasteiger partial charge in [0.25, 0.3) is 0 Å². The normalized spacial score (nSPS) is 8.78. The van der Waals surface area contributed by atoms with Crippen molar-refractivity contribution in [3.05, 3.63) is 54.4 Å². The van der Waals surface area contributed by atoms with Gasteiger partial charge in [0.2, 0.25) is 0 Å². The van der Waals surface area contributed by atoms with Crippen LogP contribution in [0.2, 0.25) is 0 Å². The van der Waals surface area contributed by atoms with Crippen molar-refractivity contribution in [1.29, 1.82) is 0 Å². The van der Waals surface area contributed by atoms with Gasteiger partial charge in [-0.1, -0.05) is 59.7 Å². The number of nitrogens with one attached hydrogen (secondary N) is 1. The Balaban J connectivity index is 0.000000917. The van der Waals surface area contributed by atoms with Gasteiger partial charge in [0.1, 0.15) is 0 Å². The quantitative estimate of drug-likeness (QED) is 0.520. The molecule has 0 fully saturated rings. The van der Waals surface area contributed by atoms with Crippen LogP contribution in [0.5, 0.6) is 11.5 Å². The van der Waals surface area contributed by atoms with Crippen molar-refractivity contribution in [2.75, 3.05) is 0 Å². The van der Waals surface area contributed by atoms with E-state index in [0.29, 0.717) is 9.79 Å². The third kappa shape index (κ3) is 4.58. The number of para-hydroxylation sites is 2. The van der Waals surface area contributed by atoms with Crippen molar-refractivity contribution < 1.29 is 26.7 Å². The molecule has 0 aliphatic heterocycles. The summed E-state index contributed by atoms with van der Waals surface area (Å²) in [6.07, 6.45) is 0. The van der Waals surface area contributed by atoms with Crippen molar-refractivity contribution in [3.63, 3.8) is 0 Å². The van der Waals surface area contributed by atoms with Crippen LogP contribution in [0.25, 0.3) is 5.84 Å². The van der Waals surface area contributed by atoms with Gasteiger partial charge < -0.3 is 21.9 Å². The van der Waals surface area contributed by atoms with Gasteiger partial charge in [0, 0.05) is 9.79 Å². The molecule has 0 atom stereocenters. The van der Waals surface area contributed by atoms with E-state index in [9.17, 15) is 10.2 Å². The molecule has 2 aromatic carbocycles. The fourth-order valence-corrected chi connectivity index (χ4v) is 2.05. The van der Waals surface area contributed by atoms with E-state index >= 15 is 0 Å². The Bertz CT molecular complexity index is 440. The largest absolute Gasteiger partial charge is 3.00 e. The summed E-state index contributed by atoms with van der Waals surface area (Å²) in [5, 5.41) is 22.8. The summed E-state index contributed by atoms with van der Waals surface area (Å²) in [5.74, 6) is 8.90. The Hall–Kier alpha value is -1.20. The SMILES string of the molecule is [NH-]N.[Ni+3].[O-]c1ccccc1Sc1ccccc1[O-]. The smallest absolute Gasteiger partial charge is 0.872 e. The van der Waals surface area contributed by atoms with Crippen LogP contribution in [0.15, 0.2) is 58.3 Å². The van der Waals surface area contributed by atoms with Crippen LogP contribution in [0.3, 0.4) is 0 Å². The zero-order valence-corrected chi connectivity index (χ0v) is 11.0.